The van der Waals surface area contributed by atoms with Crippen molar-refractivity contribution in [1.29, 1.82) is 0 Å². The third-order valence-corrected chi connectivity index (χ3v) is 8.53. The smallest absolute Gasteiger partial charge is 0.258 e. The Bertz CT molecular complexity index is 1170. The summed E-state index contributed by atoms with van der Waals surface area (Å²) >= 11 is 5.68. The van der Waals surface area contributed by atoms with Gasteiger partial charge in [0.15, 0.2) is 6.61 Å². The molecule has 1 atom stereocenters. The molecule has 4 aliphatic rings. The van der Waals surface area contributed by atoms with Crippen LogP contribution in [0.2, 0.25) is 5.02 Å². The highest BCUT2D eigenvalue weighted by atomic mass is 35.5. The van der Waals surface area contributed by atoms with Crippen molar-refractivity contribution in [2.45, 2.75) is 75.8 Å². The first-order valence-electron chi connectivity index (χ1n) is 13.8. The first-order chi connectivity index (χ1) is 18.3. The minimum atomic E-state index is -0.585. The molecule has 1 unspecified atom stereocenters. The maximum Gasteiger partial charge on any atom is 0.258 e. The summed E-state index contributed by atoms with van der Waals surface area (Å²) in [5.74, 6) is -0.541. The number of ether oxygens (including phenoxy) is 1. The topological polar surface area (TPSA) is 70.7 Å². The molecule has 0 saturated heterocycles. The number of carbonyl (C=O) groups is 2. The Morgan fingerprint density at radius 1 is 1.05 bits per heavy atom. The summed E-state index contributed by atoms with van der Waals surface area (Å²) in [5.41, 5.74) is 2.02. The largest absolute Gasteiger partial charge is 0.484 e. The van der Waals surface area contributed by atoms with Gasteiger partial charge in [-0.1, -0.05) is 62.4 Å². The maximum absolute atomic E-state index is 13.6. The minimum absolute atomic E-state index is 0.00978. The zero-order valence-corrected chi connectivity index (χ0v) is 22.8. The number of para-hydroxylation sites is 1. The molecule has 0 spiro atoms. The Kier molecular flexibility index (Phi) is 7.85. The Hall–Kier alpha value is -2.80. The number of hydrogen-bond acceptors (Lipinski definition) is 4. The molecule has 0 aromatic heterocycles. The van der Waals surface area contributed by atoms with Crippen molar-refractivity contribution in [2.75, 3.05) is 24.6 Å². The summed E-state index contributed by atoms with van der Waals surface area (Å²) < 4.78 is 19.0. The van der Waals surface area contributed by atoms with Crippen LogP contribution in [0.3, 0.4) is 0 Å². The highest BCUT2D eigenvalue weighted by molar-refractivity contribution is 6.30. The summed E-state index contributed by atoms with van der Waals surface area (Å²) in [6.07, 6.45) is 9.11. The van der Waals surface area contributed by atoms with Crippen LogP contribution < -0.4 is 20.3 Å². The fraction of sp³-hybridized carbons (Fsp3) is 0.533. The molecule has 38 heavy (non-hydrogen) atoms. The Morgan fingerprint density at radius 2 is 1.79 bits per heavy atom. The van der Waals surface area contributed by atoms with Gasteiger partial charge in [0, 0.05) is 35.9 Å². The molecule has 2 bridgehead atoms. The molecule has 0 radical (unpaired) electrons. The van der Waals surface area contributed by atoms with E-state index in [0.717, 1.165) is 45.2 Å². The Labute approximate surface area is 229 Å². The number of nitrogens with one attached hydrogen (secondary N) is 2. The number of unbranched alkanes of at least 4 members (excludes halogenated alkanes) is 4. The third kappa shape index (κ3) is 5.78. The summed E-state index contributed by atoms with van der Waals surface area (Å²) in [7, 11) is 0. The van der Waals surface area contributed by atoms with Gasteiger partial charge in [0.25, 0.3) is 5.91 Å². The fourth-order valence-electron chi connectivity index (χ4n) is 6.44. The van der Waals surface area contributed by atoms with E-state index in [1.807, 2.05) is 0 Å². The van der Waals surface area contributed by atoms with E-state index in [0.29, 0.717) is 0 Å². The highest BCUT2D eigenvalue weighted by Crippen LogP contribution is 2.60. The SMILES string of the molecule is CCCCCCCN1CC(C(=O)NC23CC(NC(=O)COc4ccc(Cl)c(F)c4)(C2)C3)Cc2ccccc21. The van der Waals surface area contributed by atoms with Gasteiger partial charge < -0.3 is 20.3 Å². The van der Waals surface area contributed by atoms with Gasteiger partial charge in [-0.15, -0.1) is 0 Å². The minimum Gasteiger partial charge on any atom is -0.484 e. The van der Waals surface area contributed by atoms with E-state index in [9.17, 15) is 14.0 Å². The van der Waals surface area contributed by atoms with Gasteiger partial charge in [-0.2, -0.15) is 0 Å². The van der Waals surface area contributed by atoms with Crippen molar-refractivity contribution in [3.05, 3.63) is 58.9 Å². The average Bonchev–Trinajstić information content (AvgIpc) is 2.87. The number of anilines is 1. The molecular formula is C30H37ClFN3O3. The van der Waals surface area contributed by atoms with Gasteiger partial charge in [0.2, 0.25) is 5.91 Å². The van der Waals surface area contributed by atoms with Crippen molar-refractivity contribution in [2.24, 2.45) is 5.92 Å². The van der Waals surface area contributed by atoms with Crippen molar-refractivity contribution in [3.8, 4) is 5.75 Å². The molecule has 2 aromatic rings. The van der Waals surface area contributed by atoms with Crippen LogP contribution in [0.25, 0.3) is 0 Å². The second-order valence-electron chi connectivity index (χ2n) is 11.4. The van der Waals surface area contributed by atoms with Crippen molar-refractivity contribution in [1.82, 2.24) is 10.6 Å². The van der Waals surface area contributed by atoms with E-state index in [1.54, 1.807) is 0 Å². The van der Waals surface area contributed by atoms with Crippen LogP contribution in [0, 0.1) is 11.7 Å². The van der Waals surface area contributed by atoms with Crippen molar-refractivity contribution >= 4 is 29.1 Å². The molecule has 2 N–H and O–H groups in total. The monoisotopic (exact) mass is 541 g/mol. The number of amides is 2. The first-order valence-corrected chi connectivity index (χ1v) is 14.2. The lowest BCUT2D eigenvalue weighted by molar-refractivity contribution is -0.152. The predicted octanol–water partition coefficient (Wildman–Crippen LogP) is 5.41. The van der Waals surface area contributed by atoms with E-state index in [1.165, 1.54) is 55.1 Å². The van der Waals surface area contributed by atoms with Crippen LogP contribution in [0.1, 0.15) is 63.9 Å². The first kappa shape index (κ1) is 26.8. The molecule has 2 amide bonds. The van der Waals surface area contributed by atoms with Gasteiger partial charge in [-0.3, -0.25) is 9.59 Å². The number of nitrogens with zero attached hydrogens (tertiary/aromatic N) is 1. The molecule has 3 saturated carbocycles. The van der Waals surface area contributed by atoms with Gasteiger partial charge in [-0.05, 0) is 55.9 Å². The molecule has 8 heteroatoms. The number of rotatable bonds is 12. The van der Waals surface area contributed by atoms with Crippen LogP contribution in [-0.2, 0) is 16.0 Å². The second-order valence-corrected chi connectivity index (χ2v) is 11.8. The van der Waals surface area contributed by atoms with Crippen LogP contribution in [-0.4, -0.2) is 42.6 Å². The summed E-state index contributed by atoms with van der Waals surface area (Å²) in [4.78, 5) is 28.2. The van der Waals surface area contributed by atoms with E-state index in [2.05, 4.69) is 46.7 Å². The second kappa shape index (κ2) is 11.1. The van der Waals surface area contributed by atoms with Crippen molar-refractivity contribution in [3.63, 3.8) is 0 Å². The number of halogens is 2. The highest BCUT2D eigenvalue weighted by Gasteiger charge is 2.69. The average molecular weight is 542 g/mol. The van der Waals surface area contributed by atoms with E-state index < -0.39 is 5.82 Å². The fourth-order valence-corrected chi connectivity index (χ4v) is 6.56. The lowest BCUT2D eigenvalue weighted by Gasteiger charge is -2.70. The number of hydrogen-bond donors (Lipinski definition) is 2. The van der Waals surface area contributed by atoms with E-state index in [4.69, 9.17) is 16.3 Å². The van der Waals surface area contributed by atoms with Gasteiger partial charge >= 0.3 is 0 Å². The van der Waals surface area contributed by atoms with Crippen LogP contribution >= 0.6 is 11.6 Å². The normalized spacial score (nSPS) is 25.0. The molecular weight excluding hydrogens is 505 g/mol. The van der Waals surface area contributed by atoms with Crippen LogP contribution in [0.15, 0.2) is 42.5 Å². The standard InChI is InChI=1S/C30H37ClFN3O3/c1-2-3-4-5-8-13-35-16-22(14-21-9-6-7-10-26(21)35)28(37)34-30-18-29(19-30,20-30)33-27(36)17-38-23-11-12-24(31)25(32)15-23/h6-7,9-12,15,22H,2-5,8,13-14,16-20H2,1H3,(H,33,36)(H,34,37). The molecule has 6 nitrogen and oxygen atoms in total. The Morgan fingerprint density at radius 3 is 2.55 bits per heavy atom. The van der Waals surface area contributed by atoms with Crippen LogP contribution in [0.4, 0.5) is 10.1 Å². The van der Waals surface area contributed by atoms with Gasteiger partial charge in [-0.25, -0.2) is 4.39 Å². The molecule has 6 rings (SSSR count). The summed E-state index contributed by atoms with van der Waals surface area (Å²) in [5, 5.41) is 6.39. The molecule has 204 valence electrons. The van der Waals surface area contributed by atoms with Gasteiger partial charge in [0.1, 0.15) is 11.6 Å². The molecule has 3 aliphatic carbocycles. The molecule has 1 heterocycles. The summed E-state index contributed by atoms with van der Waals surface area (Å²) in [6, 6.07) is 12.5. The van der Waals surface area contributed by atoms with Crippen LogP contribution in [0.5, 0.6) is 5.75 Å². The molecule has 3 fully saturated rings. The zero-order chi connectivity index (χ0) is 26.8. The Balaban J connectivity index is 1.09. The number of carbonyl (C=O) groups excluding carboxylic acids is 2. The van der Waals surface area contributed by atoms with Crippen molar-refractivity contribution < 1.29 is 18.7 Å². The predicted molar refractivity (Wildman–Crippen MR) is 147 cm³/mol. The zero-order valence-electron chi connectivity index (χ0n) is 22.0. The molecule has 1 aliphatic heterocycles. The quantitative estimate of drug-likeness (QED) is 0.352. The molecule has 2 aromatic carbocycles. The summed E-state index contributed by atoms with van der Waals surface area (Å²) in [6.45, 7) is 3.76. The number of fused-ring (bicyclic) bond motifs is 1. The lowest BCUT2D eigenvalue weighted by atomic mass is 9.44. The van der Waals surface area contributed by atoms with E-state index >= 15 is 0 Å². The lowest BCUT2D eigenvalue weighted by Crippen LogP contribution is -2.84. The van der Waals surface area contributed by atoms with E-state index in [-0.39, 0.29) is 46.2 Å². The number of benzene rings is 2. The third-order valence-electron chi connectivity index (χ3n) is 8.23. The maximum atomic E-state index is 13.6. The van der Waals surface area contributed by atoms with Gasteiger partial charge in [0.05, 0.1) is 10.9 Å².